The van der Waals surface area contributed by atoms with Crippen LogP contribution in [-0.4, -0.2) is 56.0 Å². The Morgan fingerprint density at radius 3 is 2.69 bits per heavy atom. The Labute approximate surface area is 182 Å². The van der Waals surface area contributed by atoms with Gasteiger partial charge in [0.05, 0.1) is 11.9 Å². The smallest absolute Gasteiger partial charge is 0.382 e. The van der Waals surface area contributed by atoms with Gasteiger partial charge in [0.1, 0.15) is 11.8 Å². The molecular weight excluding hydrogens is 423 g/mol. The van der Waals surface area contributed by atoms with Crippen LogP contribution in [0.5, 0.6) is 0 Å². The molecule has 1 aliphatic rings. The molecule has 32 heavy (non-hydrogen) atoms. The number of hydrogen-bond acceptors (Lipinski definition) is 6. The average molecular weight is 447 g/mol. The summed E-state index contributed by atoms with van der Waals surface area (Å²) in [5.74, 6) is -0.106. The van der Waals surface area contributed by atoms with Crippen LogP contribution in [-0.2, 0) is 12.7 Å². The predicted molar refractivity (Wildman–Crippen MR) is 113 cm³/mol. The largest absolute Gasteiger partial charge is 0.416 e. The maximum atomic E-state index is 12.9. The third-order valence-electron chi connectivity index (χ3n) is 5.68. The Bertz CT molecular complexity index is 1090. The minimum Gasteiger partial charge on any atom is -0.382 e. The molecule has 0 spiro atoms. The van der Waals surface area contributed by atoms with E-state index in [9.17, 15) is 18.0 Å². The number of amides is 1. The molecule has 0 saturated carbocycles. The van der Waals surface area contributed by atoms with Gasteiger partial charge in [0.15, 0.2) is 11.5 Å². The molecule has 1 fully saturated rings. The SMILES string of the molecule is Nc1ncnc2c1ncn2CCCN1CCC(NC(=O)c2cccc(C(F)(F)F)c2)CC1. The molecule has 1 saturated heterocycles. The van der Waals surface area contributed by atoms with E-state index >= 15 is 0 Å². The van der Waals surface area contributed by atoms with Gasteiger partial charge in [-0.05, 0) is 44.0 Å². The molecule has 0 atom stereocenters. The number of anilines is 1. The Hall–Kier alpha value is -3.21. The van der Waals surface area contributed by atoms with Crippen molar-refractivity contribution in [2.24, 2.45) is 0 Å². The second-order valence-electron chi connectivity index (χ2n) is 7.89. The topological polar surface area (TPSA) is 102 Å². The second-order valence-corrected chi connectivity index (χ2v) is 7.89. The number of alkyl halides is 3. The summed E-state index contributed by atoms with van der Waals surface area (Å²) >= 11 is 0. The second kappa shape index (κ2) is 9.11. The number of halogens is 3. The summed E-state index contributed by atoms with van der Waals surface area (Å²) in [6, 6.07) is 4.46. The molecule has 1 aromatic carbocycles. The van der Waals surface area contributed by atoms with Crippen LogP contribution in [0.4, 0.5) is 19.0 Å². The highest BCUT2D eigenvalue weighted by Gasteiger charge is 2.31. The van der Waals surface area contributed by atoms with E-state index in [1.807, 2.05) is 4.57 Å². The normalized spacial score (nSPS) is 15.8. The van der Waals surface area contributed by atoms with E-state index in [1.54, 1.807) is 6.33 Å². The molecule has 8 nitrogen and oxygen atoms in total. The third-order valence-corrected chi connectivity index (χ3v) is 5.68. The number of nitrogens with two attached hydrogens (primary N) is 1. The number of imidazole rings is 1. The van der Waals surface area contributed by atoms with Crippen LogP contribution < -0.4 is 11.1 Å². The Morgan fingerprint density at radius 1 is 1.16 bits per heavy atom. The summed E-state index contributed by atoms with van der Waals surface area (Å²) in [6.45, 7) is 3.26. The summed E-state index contributed by atoms with van der Waals surface area (Å²) in [5, 5.41) is 2.87. The van der Waals surface area contributed by atoms with Gasteiger partial charge >= 0.3 is 6.18 Å². The fraction of sp³-hybridized carbons (Fsp3) is 0.429. The van der Waals surface area contributed by atoms with Gasteiger partial charge in [-0.2, -0.15) is 13.2 Å². The summed E-state index contributed by atoms with van der Waals surface area (Å²) in [7, 11) is 0. The molecular formula is C21H24F3N7O. The molecule has 3 aromatic rings. The van der Waals surface area contributed by atoms with Crippen molar-refractivity contribution in [3.05, 3.63) is 48.0 Å². The molecule has 1 amide bonds. The maximum Gasteiger partial charge on any atom is 0.416 e. The molecule has 0 radical (unpaired) electrons. The number of carbonyl (C=O) groups excluding carboxylic acids is 1. The van der Waals surface area contributed by atoms with Gasteiger partial charge in [0, 0.05) is 31.2 Å². The first-order valence-electron chi connectivity index (χ1n) is 10.4. The lowest BCUT2D eigenvalue weighted by Crippen LogP contribution is -2.45. The highest BCUT2D eigenvalue weighted by Crippen LogP contribution is 2.29. The van der Waals surface area contributed by atoms with Crippen molar-refractivity contribution in [2.45, 2.75) is 38.0 Å². The van der Waals surface area contributed by atoms with Gasteiger partial charge < -0.3 is 20.5 Å². The van der Waals surface area contributed by atoms with Crippen LogP contribution in [0.3, 0.4) is 0 Å². The number of aromatic nitrogens is 4. The van der Waals surface area contributed by atoms with E-state index in [4.69, 9.17) is 5.73 Å². The molecule has 0 aliphatic carbocycles. The standard InChI is InChI=1S/C21H24F3N7O/c22-21(23,24)15-4-1-3-14(11-15)20(32)29-16-5-9-30(10-6-16)7-2-8-31-13-28-17-18(25)26-12-27-19(17)31/h1,3-4,11-13,16H,2,5-10H2,(H,29,32)(H2,25,26,27). The van der Waals surface area contributed by atoms with Crippen molar-refractivity contribution in [1.29, 1.82) is 0 Å². The number of nitrogens with zero attached hydrogens (tertiary/aromatic N) is 5. The first kappa shape index (κ1) is 22.0. The van der Waals surface area contributed by atoms with E-state index in [-0.39, 0.29) is 11.6 Å². The zero-order chi connectivity index (χ0) is 22.7. The molecule has 0 bridgehead atoms. The minimum atomic E-state index is -4.47. The fourth-order valence-corrected chi connectivity index (χ4v) is 3.93. The van der Waals surface area contributed by atoms with Gasteiger partial charge in [0.2, 0.25) is 0 Å². The van der Waals surface area contributed by atoms with Crippen LogP contribution in [0.25, 0.3) is 11.2 Å². The number of fused-ring (bicyclic) bond motifs is 1. The van der Waals surface area contributed by atoms with E-state index in [1.165, 1.54) is 18.5 Å². The van der Waals surface area contributed by atoms with Crippen molar-refractivity contribution in [2.75, 3.05) is 25.4 Å². The molecule has 4 rings (SSSR count). The number of piperidine rings is 1. The highest BCUT2D eigenvalue weighted by molar-refractivity contribution is 5.94. The number of hydrogen-bond donors (Lipinski definition) is 2. The van der Waals surface area contributed by atoms with E-state index in [0.717, 1.165) is 57.6 Å². The lowest BCUT2D eigenvalue weighted by Gasteiger charge is -2.32. The van der Waals surface area contributed by atoms with Crippen LogP contribution >= 0.6 is 0 Å². The number of rotatable bonds is 6. The van der Waals surface area contributed by atoms with Crippen LogP contribution in [0, 0.1) is 0 Å². The maximum absolute atomic E-state index is 12.9. The van der Waals surface area contributed by atoms with Crippen LogP contribution in [0.2, 0.25) is 0 Å². The number of nitrogen functional groups attached to an aromatic ring is 1. The predicted octanol–water partition coefficient (Wildman–Crippen LogP) is 2.71. The Balaban J connectivity index is 1.23. The van der Waals surface area contributed by atoms with E-state index < -0.39 is 17.6 Å². The highest BCUT2D eigenvalue weighted by atomic mass is 19.4. The summed E-state index contributed by atoms with van der Waals surface area (Å²) in [6.07, 6.45) is 1.07. The first-order valence-corrected chi connectivity index (χ1v) is 10.4. The van der Waals surface area contributed by atoms with Gasteiger partial charge in [-0.3, -0.25) is 4.79 Å². The summed E-state index contributed by atoms with van der Waals surface area (Å²) in [5.41, 5.74) is 6.34. The van der Waals surface area contributed by atoms with E-state index in [2.05, 4.69) is 25.2 Å². The van der Waals surface area contributed by atoms with Crippen molar-refractivity contribution in [1.82, 2.24) is 29.7 Å². The first-order chi connectivity index (χ1) is 15.3. The summed E-state index contributed by atoms with van der Waals surface area (Å²) < 4.78 is 40.5. The monoisotopic (exact) mass is 447 g/mol. The Morgan fingerprint density at radius 2 is 1.94 bits per heavy atom. The number of nitrogens with one attached hydrogen (secondary N) is 1. The average Bonchev–Trinajstić information content (AvgIpc) is 3.19. The molecule has 3 N–H and O–H groups in total. The zero-order valence-electron chi connectivity index (χ0n) is 17.3. The van der Waals surface area contributed by atoms with Crippen molar-refractivity contribution in [3.8, 4) is 0 Å². The number of benzene rings is 1. The van der Waals surface area contributed by atoms with Crippen LogP contribution in [0.15, 0.2) is 36.9 Å². The van der Waals surface area contributed by atoms with Gasteiger partial charge in [-0.1, -0.05) is 6.07 Å². The molecule has 0 unspecified atom stereocenters. The molecule has 11 heteroatoms. The molecule has 2 aromatic heterocycles. The lowest BCUT2D eigenvalue weighted by molar-refractivity contribution is -0.137. The molecule has 1 aliphatic heterocycles. The van der Waals surface area contributed by atoms with E-state index in [0.29, 0.717) is 17.0 Å². The third kappa shape index (κ3) is 4.98. The Kier molecular flexibility index (Phi) is 6.26. The van der Waals surface area contributed by atoms with Gasteiger partial charge in [-0.25, -0.2) is 15.0 Å². The minimum absolute atomic E-state index is 0.0271. The van der Waals surface area contributed by atoms with Crippen molar-refractivity contribution < 1.29 is 18.0 Å². The van der Waals surface area contributed by atoms with Gasteiger partial charge in [0.25, 0.3) is 5.91 Å². The van der Waals surface area contributed by atoms with Crippen molar-refractivity contribution >= 4 is 22.9 Å². The number of likely N-dealkylation sites (tertiary alicyclic amines) is 1. The quantitative estimate of drug-likeness (QED) is 0.603. The number of carbonyl (C=O) groups is 1. The van der Waals surface area contributed by atoms with Gasteiger partial charge in [-0.15, -0.1) is 0 Å². The lowest BCUT2D eigenvalue weighted by atomic mass is 10.0. The molecule has 170 valence electrons. The number of aryl methyl sites for hydroxylation is 1. The zero-order valence-corrected chi connectivity index (χ0v) is 17.3. The fourth-order valence-electron chi connectivity index (χ4n) is 3.93. The van der Waals surface area contributed by atoms with Crippen LogP contribution in [0.1, 0.15) is 35.2 Å². The summed E-state index contributed by atoms with van der Waals surface area (Å²) in [4.78, 5) is 27.1. The molecule has 3 heterocycles. The van der Waals surface area contributed by atoms with Crippen molar-refractivity contribution in [3.63, 3.8) is 0 Å².